The van der Waals surface area contributed by atoms with Gasteiger partial charge in [-0.1, -0.05) is 37.5 Å². The van der Waals surface area contributed by atoms with E-state index in [9.17, 15) is 4.79 Å². The summed E-state index contributed by atoms with van der Waals surface area (Å²) >= 11 is 6.03. The lowest BCUT2D eigenvalue weighted by Crippen LogP contribution is -2.37. The lowest BCUT2D eigenvalue weighted by Gasteiger charge is -2.30. The highest BCUT2D eigenvalue weighted by Crippen LogP contribution is 2.31. The van der Waals surface area contributed by atoms with E-state index in [1.165, 1.54) is 0 Å². The number of aromatic nitrogens is 3. The van der Waals surface area contributed by atoms with Crippen LogP contribution < -0.4 is 0 Å². The number of amides is 1. The standard InChI is InChI=1S/C22H27ClN4O3/c1-22(2,3)21-25-18(30-26-21)5-4-6-19(28)27-11-9-14(10-12-27)20-24-16-13-15(23)7-8-17(16)29-20/h7-8,13-14H,4-6,9-12H2,1-3H3. The highest BCUT2D eigenvalue weighted by molar-refractivity contribution is 6.31. The Morgan fingerprint density at radius 1 is 1.23 bits per heavy atom. The van der Waals surface area contributed by atoms with E-state index in [0.29, 0.717) is 36.0 Å². The van der Waals surface area contributed by atoms with E-state index in [1.807, 2.05) is 37.8 Å². The molecule has 1 saturated heterocycles. The normalized spacial score (nSPS) is 15.8. The SMILES string of the molecule is CC(C)(C)c1noc(CCCC(=O)N2CCC(c3nc4cc(Cl)ccc4o3)CC2)n1. The fourth-order valence-corrected chi connectivity index (χ4v) is 3.85. The number of piperidine rings is 1. The van der Waals surface area contributed by atoms with E-state index in [4.69, 9.17) is 20.5 Å². The van der Waals surface area contributed by atoms with E-state index < -0.39 is 0 Å². The van der Waals surface area contributed by atoms with E-state index in [0.717, 1.165) is 42.9 Å². The Bertz CT molecular complexity index is 1030. The molecule has 4 rings (SSSR count). The molecule has 3 heterocycles. The Balaban J connectivity index is 1.25. The van der Waals surface area contributed by atoms with Crippen LogP contribution in [0.1, 0.15) is 70.0 Å². The van der Waals surface area contributed by atoms with Crippen LogP contribution in [0, 0.1) is 0 Å². The van der Waals surface area contributed by atoms with Crippen LogP contribution in [0.4, 0.5) is 0 Å². The summed E-state index contributed by atoms with van der Waals surface area (Å²) in [5, 5.41) is 4.68. The average molecular weight is 431 g/mol. The molecule has 1 aliphatic heterocycles. The maximum atomic E-state index is 12.6. The van der Waals surface area contributed by atoms with E-state index >= 15 is 0 Å². The van der Waals surface area contributed by atoms with Crippen molar-refractivity contribution in [3.05, 3.63) is 40.8 Å². The highest BCUT2D eigenvalue weighted by Gasteiger charge is 2.27. The number of aryl methyl sites for hydroxylation is 1. The molecule has 0 N–H and O–H groups in total. The smallest absolute Gasteiger partial charge is 0.226 e. The van der Waals surface area contributed by atoms with Crippen molar-refractivity contribution in [3.63, 3.8) is 0 Å². The van der Waals surface area contributed by atoms with Gasteiger partial charge in [0.2, 0.25) is 11.8 Å². The van der Waals surface area contributed by atoms with Crippen molar-refractivity contribution in [1.29, 1.82) is 0 Å². The fraction of sp³-hybridized carbons (Fsp3) is 0.545. The van der Waals surface area contributed by atoms with Gasteiger partial charge in [-0.15, -0.1) is 0 Å². The summed E-state index contributed by atoms with van der Waals surface area (Å²) in [7, 11) is 0. The highest BCUT2D eigenvalue weighted by atomic mass is 35.5. The van der Waals surface area contributed by atoms with Gasteiger partial charge < -0.3 is 13.8 Å². The van der Waals surface area contributed by atoms with E-state index in [-0.39, 0.29) is 17.2 Å². The Morgan fingerprint density at radius 3 is 2.70 bits per heavy atom. The number of oxazole rings is 1. The second kappa shape index (κ2) is 8.38. The largest absolute Gasteiger partial charge is 0.440 e. The number of rotatable bonds is 5. The lowest BCUT2D eigenvalue weighted by atomic mass is 9.96. The van der Waals surface area contributed by atoms with Gasteiger partial charge in [-0.2, -0.15) is 4.98 Å². The molecule has 1 amide bonds. The van der Waals surface area contributed by atoms with E-state index in [1.54, 1.807) is 6.07 Å². The molecule has 30 heavy (non-hydrogen) atoms. The molecule has 1 aliphatic rings. The number of fused-ring (bicyclic) bond motifs is 1. The number of hydrogen-bond donors (Lipinski definition) is 0. The van der Waals surface area contributed by atoms with Gasteiger partial charge in [0.15, 0.2) is 17.3 Å². The third-order valence-electron chi connectivity index (χ3n) is 5.48. The first-order valence-electron chi connectivity index (χ1n) is 10.5. The van der Waals surface area contributed by atoms with Gasteiger partial charge in [-0.3, -0.25) is 4.79 Å². The molecule has 0 saturated carbocycles. The molecule has 2 aromatic heterocycles. The van der Waals surface area contributed by atoms with Crippen LogP contribution in [0.3, 0.4) is 0 Å². The molecule has 0 radical (unpaired) electrons. The summed E-state index contributed by atoms with van der Waals surface area (Å²) in [5.41, 5.74) is 1.40. The third-order valence-corrected chi connectivity index (χ3v) is 5.72. The minimum absolute atomic E-state index is 0.136. The van der Waals surface area contributed by atoms with Crippen LogP contribution >= 0.6 is 11.6 Å². The number of halogens is 1. The first kappa shape index (κ1) is 20.8. The molecule has 0 atom stereocenters. The number of hydrogen-bond acceptors (Lipinski definition) is 6. The van der Waals surface area contributed by atoms with Crippen molar-refractivity contribution >= 4 is 28.6 Å². The van der Waals surface area contributed by atoms with Crippen molar-refractivity contribution in [2.24, 2.45) is 0 Å². The van der Waals surface area contributed by atoms with Gasteiger partial charge in [0, 0.05) is 42.3 Å². The molecule has 1 fully saturated rings. The van der Waals surface area contributed by atoms with Crippen molar-refractivity contribution in [3.8, 4) is 0 Å². The average Bonchev–Trinajstić information content (AvgIpc) is 3.34. The second-order valence-electron chi connectivity index (χ2n) is 8.93. The van der Waals surface area contributed by atoms with Crippen LogP contribution in [-0.2, 0) is 16.6 Å². The summed E-state index contributed by atoms with van der Waals surface area (Å²) < 4.78 is 11.2. The number of benzene rings is 1. The van der Waals surface area contributed by atoms with Crippen molar-refractivity contribution in [1.82, 2.24) is 20.0 Å². The quantitative estimate of drug-likeness (QED) is 0.572. The van der Waals surface area contributed by atoms with Gasteiger partial charge >= 0.3 is 0 Å². The van der Waals surface area contributed by atoms with Gasteiger partial charge in [0.25, 0.3) is 0 Å². The fourth-order valence-electron chi connectivity index (χ4n) is 3.68. The predicted octanol–water partition coefficient (Wildman–Crippen LogP) is 4.89. The lowest BCUT2D eigenvalue weighted by molar-refractivity contribution is -0.132. The zero-order valence-corrected chi connectivity index (χ0v) is 18.4. The first-order chi connectivity index (χ1) is 14.3. The van der Waals surface area contributed by atoms with Crippen molar-refractivity contribution in [2.45, 2.75) is 64.2 Å². The molecular formula is C22H27ClN4O3. The maximum absolute atomic E-state index is 12.6. The van der Waals surface area contributed by atoms with Crippen LogP contribution in [0.15, 0.2) is 27.1 Å². The predicted molar refractivity (Wildman–Crippen MR) is 114 cm³/mol. The Kier molecular flexibility index (Phi) is 5.82. The summed E-state index contributed by atoms with van der Waals surface area (Å²) in [6, 6.07) is 5.47. The van der Waals surface area contributed by atoms with Gasteiger partial charge in [0.05, 0.1) is 0 Å². The molecule has 0 spiro atoms. The van der Waals surface area contributed by atoms with Crippen LogP contribution in [0.5, 0.6) is 0 Å². The molecular weight excluding hydrogens is 404 g/mol. The first-order valence-corrected chi connectivity index (χ1v) is 10.8. The minimum Gasteiger partial charge on any atom is -0.440 e. The number of nitrogens with zero attached hydrogens (tertiary/aromatic N) is 4. The summed E-state index contributed by atoms with van der Waals surface area (Å²) in [4.78, 5) is 23.5. The molecule has 3 aromatic rings. The second-order valence-corrected chi connectivity index (χ2v) is 9.37. The van der Waals surface area contributed by atoms with Gasteiger partial charge in [-0.25, -0.2) is 4.98 Å². The van der Waals surface area contributed by atoms with Crippen molar-refractivity contribution < 1.29 is 13.7 Å². The molecule has 1 aromatic carbocycles. The van der Waals surface area contributed by atoms with Crippen LogP contribution in [0.25, 0.3) is 11.1 Å². The summed E-state index contributed by atoms with van der Waals surface area (Å²) in [5.74, 6) is 2.45. The molecule has 8 heteroatoms. The number of likely N-dealkylation sites (tertiary alicyclic amines) is 1. The monoisotopic (exact) mass is 430 g/mol. The number of carbonyl (C=O) groups excluding carboxylic acids is 1. The molecule has 0 bridgehead atoms. The Labute approximate surface area is 180 Å². The minimum atomic E-state index is -0.136. The zero-order valence-electron chi connectivity index (χ0n) is 17.7. The zero-order chi connectivity index (χ0) is 21.3. The molecule has 7 nitrogen and oxygen atoms in total. The van der Waals surface area contributed by atoms with Gasteiger partial charge in [0.1, 0.15) is 5.52 Å². The van der Waals surface area contributed by atoms with Crippen LogP contribution in [-0.4, -0.2) is 39.0 Å². The summed E-state index contributed by atoms with van der Waals surface area (Å²) in [6.07, 6.45) is 3.52. The third kappa shape index (κ3) is 4.67. The Hall–Kier alpha value is -2.41. The topological polar surface area (TPSA) is 85.3 Å². The molecule has 160 valence electrons. The molecule has 0 unspecified atom stereocenters. The molecule has 0 aliphatic carbocycles. The number of carbonyl (C=O) groups is 1. The Morgan fingerprint density at radius 2 is 2.00 bits per heavy atom. The van der Waals surface area contributed by atoms with Gasteiger partial charge in [-0.05, 0) is 37.5 Å². The van der Waals surface area contributed by atoms with Crippen molar-refractivity contribution in [2.75, 3.05) is 13.1 Å². The van der Waals surface area contributed by atoms with E-state index in [2.05, 4.69) is 15.1 Å². The maximum Gasteiger partial charge on any atom is 0.226 e. The summed E-state index contributed by atoms with van der Waals surface area (Å²) in [6.45, 7) is 7.58. The van der Waals surface area contributed by atoms with Crippen LogP contribution in [0.2, 0.25) is 5.02 Å².